The van der Waals surface area contributed by atoms with Crippen LogP contribution in [0.4, 0.5) is 10.6 Å². The fourth-order valence-electron chi connectivity index (χ4n) is 5.50. The minimum absolute atomic E-state index is 0.00819. The van der Waals surface area contributed by atoms with Crippen LogP contribution in [0.25, 0.3) is 5.57 Å². The number of carbonyl (C=O) groups excluding carboxylic acids is 1. The third kappa shape index (κ3) is 6.27. The number of fused-ring (bicyclic) bond motifs is 1. The molecule has 8 nitrogen and oxygen atoms in total. The van der Waals surface area contributed by atoms with Crippen LogP contribution in [0, 0.1) is 0 Å². The number of anilines is 1. The highest BCUT2D eigenvalue weighted by molar-refractivity contribution is 5.72. The van der Waals surface area contributed by atoms with Gasteiger partial charge in [-0.3, -0.25) is 0 Å². The van der Waals surface area contributed by atoms with Crippen LogP contribution < -0.4 is 4.90 Å². The van der Waals surface area contributed by atoms with Crippen molar-refractivity contribution in [1.82, 2.24) is 19.8 Å². The second-order valence-corrected chi connectivity index (χ2v) is 11.4. The van der Waals surface area contributed by atoms with E-state index in [0.717, 1.165) is 49.6 Å². The van der Waals surface area contributed by atoms with Gasteiger partial charge in [0.2, 0.25) is 0 Å². The lowest BCUT2D eigenvalue weighted by atomic mass is 10.0. The van der Waals surface area contributed by atoms with Crippen molar-refractivity contribution >= 4 is 17.5 Å². The Hall–Kier alpha value is -2.45. The summed E-state index contributed by atoms with van der Waals surface area (Å²) in [5, 5.41) is 0. The van der Waals surface area contributed by atoms with E-state index in [9.17, 15) is 4.79 Å². The van der Waals surface area contributed by atoms with Gasteiger partial charge in [-0.05, 0) is 78.9 Å². The predicted octanol–water partition coefficient (Wildman–Crippen LogP) is 4.06. The second kappa shape index (κ2) is 10.9. The Kier molecular flexibility index (Phi) is 7.62. The van der Waals surface area contributed by atoms with E-state index >= 15 is 0 Å². The Morgan fingerprint density at radius 2 is 1.97 bits per heavy atom. The summed E-state index contributed by atoms with van der Waals surface area (Å²) < 4.78 is 11.8. The molecule has 3 aliphatic heterocycles. The van der Waals surface area contributed by atoms with Gasteiger partial charge >= 0.3 is 6.09 Å². The summed E-state index contributed by atoms with van der Waals surface area (Å²) in [6, 6.07) is 0. The Balaban J connectivity index is 1.12. The van der Waals surface area contributed by atoms with Crippen molar-refractivity contribution in [3.63, 3.8) is 0 Å². The molecule has 4 heterocycles. The van der Waals surface area contributed by atoms with Gasteiger partial charge in [0.05, 0.1) is 18.8 Å². The first-order valence-corrected chi connectivity index (χ1v) is 13.7. The van der Waals surface area contributed by atoms with Crippen LogP contribution in [0.2, 0.25) is 0 Å². The molecule has 8 heteroatoms. The van der Waals surface area contributed by atoms with Crippen molar-refractivity contribution in [2.45, 2.75) is 77.1 Å². The first-order valence-electron chi connectivity index (χ1n) is 13.7. The normalized spacial score (nSPS) is 24.4. The van der Waals surface area contributed by atoms with Crippen LogP contribution in [-0.2, 0) is 15.9 Å². The van der Waals surface area contributed by atoms with Crippen LogP contribution in [0.15, 0.2) is 24.4 Å². The zero-order valence-corrected chi connectivity index (χ0v) is 22.1. The highest BCUT2D eigenvalue weighted by Gasteiger charge is 2.31. The third-order valence-electron chi connectivity index (χ3n) is 7.38. The summed E-state index contributed by atoms with van der Waals surface area (Å²) in [6.45, 7) is 12.7. The van der Waals surface area contributed by atoms with Gasteiger partial charge in [-0.1, -0.05) is 18.2 Å². The minimum Gasteiger partial charge on any atom is -0.444 e. The van der Waals surface area contributed by atoms with E-state index in [1.165, 1.54) is 44.5 Å². The van der Waals surface area contributed by atoms with Crippen LogP contribution in [0.1, 0.15) is 64.3 Å². The lowest BCUT2D eigenvalue weighted by Crippen LogP contribution is -2.36. The predicted molar refractivity (Wildman–Crippen MR) is 141 cm³/mol. The summed E-state index contributed by atoms with van der Waals surface area (Å²) in [5.74, 6) is 1.91. The van der Waals surface area contributed by atoms with Gasteiger partial charge in [0.25, 0.3) is 0 Å². The summed E-state index contributed by atoms with van der Waals surface area (Å²) in [4.78, 5) is 28.7. The molecular weight excluding hydrogens is 454 g/mol. The zero-order chi connectivity index (χ0) is 25.1. The average molecular weight is 496 g/mol. The van der Waals surface area contributed by atoms with E-state index in [2.05, 4.69) is 33.0 Å². The largest absolute Gasteiger partial charge is 0.444 e. The van der Waals surface area contributed by atoms with Gasteiger partial charge in [0.1, 0.15) is 11.4 Å². The maximum atomic E-state index is 12.3. The van der Waals surface area contributed by atoms with Crippen molar-refractivity contribution in [3.05, 3.63) is 35.8 Å². The fraction of sp³-hybridized carbons (Fsp3) is 0.679. The van der Waals surface area contributed by atoms with E-state index in [-0.39, 0.29) is 18.3 Å². The molecule has 0 saturated carbocycles. The lowest BCUT2D eigenvalue weighted by Gasteiger charge is -2.25. The van der Waals surface area contributed by atoms with Crippen molar-refractivity contribution in [2.75, 3.05) is 50.7 Å². The standard InChI is InChI=1S/C28H41N5O3/c1-28(2,3)36-27(34)33-18-12-24(20-33)35-23-9-7-21(8-10-23)25-29-19-22-11-17-32(26(22)30-25)16-6-15-31-13-4-5-14-31/h7-9,19,23-24H,4-6,10-18,20H2,1-3H3/t23?,24-/m1/s1. The molecule has 1 aromatic heterocycles. The van der Waals surface area contributed by atoms with E-state index in [0.29, 0.717) is 13.1 Å². The molecular formula is C28H41N5O3. The molecule has 2 saturated heterocycles. The number of ether oxygens (including phenoxy) is 2. The molecule has 1 aromatic rings. The second-order valence-electron chi connectivity index (χ2n) is 11.4. The van der Waals surface area contributed by atoms with Crippen molar-refractivity contribution in [3.8, 4) is 0 Å². The monoisotopic (exact) mass is 495 g/mol. The van der Waals surface area contributed by atoms with Gasteiger partial charge < -0.3 is 24.2 Å². The van der Waals surface area contributed by atoms with E-state index in [1.807, 2.05) is 27.0 Å². The molecule has 5 rings (SSSR count). The molecule has 1 unspecified atom stereocenters. The van der Waals surface area contributed by atoms with Gasteiger partial charge in [0, 0.05) is 37.0 Å². The number of likely N-dealkylation sites (tertiary alicyclic amines) is 2. The van der Waals surface area contributed by atoms with Crippen LogP contribution in [0.3, 0.4) is 0 Å². The molecule has 1 aliphatic carbocycles. The summed E-state index contributed by atoms with van der Waals surface area (Å²) in [6.07, 6.45) is 14.7. The molecule has 0 bridgehead atoms. The van der Waals surface area contributed by atoms with Crippen LogP contribution >= 0.6 is 0 Å². The molecule has 0 aromatic carbocycles. The number of hydrogen-bond acceptors (Lipinski definition) is 7. The lowest BCUT2D eigenvalue weighted by molar-refractivity contribution is 0.00819. The minimum atomic E-state index is -0.479. The smallest absolute Gasteiger partial charge is 0.410 e. The molecule has 0 spiro atoms. The Labute approximate surface area is 215 Å². The highest BCUT2D eigenvalue weighted by atomic mass is 16.6. The number of allylic oxidation sites excluding steroid dienone is 2. The summed E-state index contributed by atoms with van der Waals surface area (Å²) >= 11 is 0. The van der Waals surface area contributed by atoms with Crippen molar-refractivity contribution < 1.29 is 14.3 Å². The molecule has 4 aliphatic rings. The van der Waals surface area contributed by atoms with Gasteiger partial charge in [0.15, 0.2) is 5.82 Å². The van der Waals surface area contributed by atoms with Gasteiger partial charge in [-0.2, -0.15) is 0 Å². The van der Waals surface area contributed by atoms with Crippen LogP contribution in [0.5, 0.6) is 0 Å². The Morgan fingerprint density at radius 3 is 2.72 bits per heavy atom. The molecule has 0 N–H and O–H groups in total. The molecule has 196 valence electrons. The number of hydrogen-bond donors (Lipinski definition) is 0. The zero-order valence-electron chi connectivity index (χ0n) is 22.1. The van der Waals surface area contributed by atoms with Crippen molar-refractivity contribution in [2.24, 2.45) is 0 Å². The summed E-state index contributed by atoms with van der Waals surface area (Å²) in [7, 11) is 0. The average Bonchev–Trinajstić information content (AvgIpc) is 3.60. The quantitative estimate of drug-likeness (QED) is 0.565. The number of aromatic nitrogens is 2. The number of nitrogens with zero attached hydrogens (tertiary/aromatic N) is 5. The molecule has 2 atom stereocenters. The molecule has 36 heavy (non-hydrogen) atoms. The number of amides is 1. The molecule has 0 radical (unpaired) electrons. The third-order valence-corrected chi connectivity index (χ3v) is 7.38. The summed E-state index contributed by atoms with van der Waals surface area (Å²) in [5.41, 5.74) is 1.84. The molecule has 2 fully saturated rings. The van der Waals surface area contributed by atoms with Crippen LogP contribution in [-0.4, -0.2) is 89.5 Å². The van der Waals surface area contributed by atoms with E-state index in [4.69, 9.17) is 14.5 Å². The SMILES string of the molecule is CC(C)(C)OC(=O)N1CC[C@@H](OC2C=CC(c3ncc4c(n3)N(CCCN3CCCC3)CC4)=CC2)C1. The number of rotatable bonds is 7. The van der Waals surface area contributed by atoms with Gasteiger partial charge in [-0.25, -0.2) is 14.8 Å². The van der Waals surface area contributed by atoms with Gasteiger partial charge in [-0.15, -0.1) is 0 Å². The topological polar surface area (TPSA) is 71.0 Å². The Morgan fingerprint density at radius 1 is 1.14 bits per heavy atom. The Bertz CT molecular complexity index is 995. The van der Waals surface area contributed by atoms with E-state index in [1.54, 1.807) is 4.90 Å². The maximum Gasteiger partial charge on any atom is 0.410 e. The molecule has 1 amide bonds. The van der Waals surface area contributed by atoms with Crippen molar-refractivity contribution in [1.29, 1.82) is 0 Å². The highest BCUT2D eigenvalue weighted by Crippen LogP contribution is 2.29. The number of carbonyl (C=O) groups is 1. The first kappa shape index (κ1) is 25.2. The fourth-order valence-corrected chi connectivity index (χ4v) is 5.50. The van der Waals surface area contributed by atoms with E-state index < -0.39 is 5.60 Å². The first-order chi connectivity index (χ1) is 17.3. The maximum absolute atomic E-state index is 12.3.